The molecule has 5 heteroatoms. The quantitative estimate of drug-likeness (QED) is 0.616. The molecule has 2 rings (SSSR count). The summed E-state index contributed by atoms with van der Waals surface area (Å²) in [6.07, 6.45) is 6.26. The fourth-order valence-electron chi connectivity index (χ4n) is 2.51. The number of hydrazine groups is 1. The molecule has 5 nitrogen and oxygen atoms in total. The number of anilines is 2. The van der Waals surface area contributed by atoms with Crippen molar-refractivity contribution in [3.8, 4) is 0 Å². The molecule has 17 heavy (non-hydrogen) atoms. The number of aromatic nitrogens is 2. The predicted molar refractivity (Wildman–Crippen MR) is 69.9 cm³/mol. The zero-order chi connectivity index (χ0) is 12.3. The lowest BCUT2D eigenvalue weighted by Crippen LogP contribution is -2.38. The highest BCUT2D eigenvalue weighted by molar-refractivity contribution is 5.58. The third kappa shape index (κ3) is 2.34. The molecule has 1 aliphatic heterocycles. The van der Waals surface area contributed by atoms with Crippen LogP contribution in [0.5, 0.6) is 0 Å². The maximum atomic E-state index is 5.50. The molecule has 1 saturated heterocycles. The second kappa shape index (κ2) is 5.31. The molecule has 0 aromatic carbocycles. The molecule has 2 heterocycles. The summed E-state index contributed by atoms with van der Waals surface area (Å²) < 4.78 is 0. The molecule has 0 bridgehead atoms. The molecule has 0 amide bonds. The van der Waals surface area contributed by atoms with E-state index in [0.717, 1.165) is 30.2 Å². The molecule has 1 aromatic heterocycles. The van der Waals surface area contributed by atoms with Crippen LogP contribution in [-0.2, 0) is 6.42 Å². The molecule has 1 fully saturated rings. The van der Waals surface area contributed by atoms with Crippen molar-refractivity contribution >= 4 is 11.6 Å². The van der Waals surface area contributed by atoms with Gasteiger partial charge in [0.25, 0.3) is 0 Å². The lowest BCUT2D eigenvalue weighted by atomic mass is 10.0. The van der Waals surface area contributed by atoms with Gasteiger partial charge < -0.3 is 10.3 Å². The maximum absolute atomic E-state index is 5.50. The molecule has 1 unspecified atom stereocenters. The Morgan fingerprint density at radius 3 is 2.94 bits per heavy atom. The summed E-state index contributed by atoms with van der Waals surface area (Å²) in [5.41, 5.74) is 3.78. The highest BCUT2D eigenvalue weighted by atomic mass is 15.3. The van der Waals surface area contributed by atoms with Gasteiger partial charge in [0, 0.05) is 18.2 Å². The fraction of sp³-hybridized carbons (Fsp3) is 0.667. The van der Waals surface area contributed by atoms with E-state index in [1.807, 2.05) is 0 Å². The summed E-state index contributed by atoms with van der Waals surface area (Å²) in [6, 6.07) is 0.551. The topological polar surface area (TPSA) is 67.1 Å². The van der Waals surface area contributed by atoms with E-state index in [0.29, 0.717) is 6.04 Å². The van der Waals surface area contributed by atoms with E-state index in [1.54, 1.807) is 6.33 Å². The van der Waals surface area contributed by atoms with Gasteiger partial charge in [0.05, 0.1) is 0 Å². The van der Waals surface area contributed by atoms with Crippen molar-refractivity contribution < 1.29 is 0 Å². The Morgan fingerprint density at radius 2 is 2.29 bits per heavy atom. The molecule has 0 aliphatic carbocycles. The lowest BCUT2D eigenvalue weighted by Gasteiger charge is -2.35. The number of piperidine rings is 1. The predicted octanol–water partition coefficient (Wildman–Crippen LogP) is 1.70. The van der Waals surface area contributed by atoms with E-state index in [2.05, 4.69) is 34.1 Å². The highest BCUT2D eigenvalue weighted by Crippen LogP contribution is 2.28. The normalized spacial score (nSPS) is 20.4. The Bertz CT molecular complexity index is 379. The van der Waals surface area contributed by atoms with Crippen LogP contribution in [0.4, 0.5) is 11.6 Å². The molecule has 0 radical (unpaired) electrons. The van der Waals surface area contributed by atoms with Crippen LogP contribution in [0.2, 0.25) is 0 Å². The van der Waals surface area contributed by atoms with Crippen molar-refractivity contribution in [3.05, 3.63) is 11.9 Å². The molecule has 1 atom stereocenters. The minimum absolute atomic E-state index is 0.551. The largest absolute Gasteiger partial charge is 0.354 e. The number of rotatable bonds is 3. The van der Waals surface area contributed by atoms with E-state index < -0.39 is 0 Å². The third-order valence-corrected chi connectivity index (χ3v) is 3.49. The maximum Gasteiger partial charge on any atom is 0.148 e. The fourth-order valence-corrected chi connectivity index (χ4v) is 2.51. The van der Waals surface area contributed by atoms with Gasteiger partial charge in [0.15, 0.2) is 0 Å². The number of nitrogens with two attached hydrogens (primary N) is 1. The summed E-state index contributed by atoms with van der Waals surface area (Å²) in [5, 5.41) is 0. The van der Waals surface area contributed by atoms with E-state index in [9.17, 15) is 0 Å². The molecule has 94 valence electrons. The Labute approximate surface area is 102 Å². The first kappa shape index (κ1) is 12.1. The Morgan fingerprint density at radius 1 is 1.47 bits per heavy atom. The van der Waals surface area contributed by atoms with Crippen LogP contribution < -0.4 is 16.2 Å². The van der Waals surface area contributed by atoms with Gasteiger partial charge >= 0.3 is 0 Å². The summed E-state index contributed by atoms with van der Waals surface area (Å²) in [4.78, 5) is 11.0. The zero-order valence-electron chi connectivity index (χ0n) is 10.6. The van der Waals surface area contributed by atoms with Crippen LogP contribution in [0, 0.1) is 0 Å². The molecule has 0 saturated carbocycles. The highest BCUT2D eigenvalue weighted by Gasteiger charge is 2.23. The first-order valence-corrected chi connectivity index (χ1v) is 6.35. The van der Waals surface area contributed by atoms with Crippen molar-refractivity contribution in [1.82, 2.24) is 9.97 Å². The van der Waals surface area contributed by atoms with Crippen molar-refractivity contribution in [2.45, 2.75) is 45.6 Å². The van der Waals surface area contributed by atoms with Crippen LogP contribution >= 0.6 is 0 Å². The van der Waals surface area contributed by atoms with Crippen molar-refractivity contribution in [2.24, 2.45) is 5.84 Å². The van der Waals surface area contributed by atoms with Crippen LogP contribution in [0.3, 0.4) is 0 Å². The van der Waals surface area contributed by atoms with Crippen LogP contribution in [0.25, 0.3) is 0 Å². The van der Waals surface area contributed by atoms with E-state index in [4.69, 9.17) is 5.84 Å². The van der Waals surface area contributed by atoms with Gasteiger partial charge in [-0.25, -0.2) is 15.8 Å². The number of nitrogen functional groups attached to an aromatic ring is 1. The minimum atomic E-state index is 0.551. The molecule has 1 aliphatic rings. The molecule has 0 spiro atoms. The first-order valence-electron chi connectivity index (χ1n) is 6.35. The first-order chi connectivity index (χ1) is 8.27. The minimum Gasteiger partial charge on any atom is -0.354 e. The molecular weight excluding hydrogens is 214 g/mol. The average molecular weight is 235 g/mol. The van der Waals surface area contributed by atoms with Gasteiger partial charge in [-0.1, -0.05) is 6.92 Å². The van der Waals surface area contributed by atoms with Gasteiger partial charge in [-0.05, 0) is 32.6 Å². The van der Waals surface area contributed by atoms with E-state index >= 15 is 0 Å². The van der Waals surface area contributed by atoms with Gasteiger partial charge in [0.2, 0.25) is 0 Å². The van der Waals surface area contributed by atoms with Crippen LogP contribution in [-0.4, -0.2) is 22.6 Å². The summed E-state index contributed by atoms with van der Waals surface area (Å²) in [7, 11) is 0. The van der Waals surface area contributed by atoms with Crippen LogP contribution in [0.1, 0.15) is 38.7 Å². The van der Waals surface area contributed by atoms with E-state index in [-0.39, 0.29) is 0 Å². The van der Waals surface area contributed by atoms with Crippen molar-refractivity contribution in [2.75, 3.05) is 16.9 Å². The lowest BCUT2D eigenvalue weighted by molar-refractivity contribution is 0.480. The third-order valence-electron chi connectivity index (χ3n) is 3.49. The molecule has 3 N–H and O–H groups in total. The summed E-state index contributed by atoms with van der Waals surface area (Å²) >= 11 is 0. The standard InChI is InChI=1S/C12H21N5/c1-3-10-11(16-13)14-8-15-12(10)17-7-5-4-6-9(17)2/h8-9H,3-7,13H2,1-2H3,(H,14,15,16). The number of nitrogens with zero attached hydrogens (tertiary/aromatic N) is 3. The second-order valence-corrected chi connectivity index (χ2v) is 4.56. The average Bonchev–Trinajstić information content (AvgIpc) is 2.38. The van der Waals surface area contributed by atoms with Gasteiger partial charge in [-0.2, -0.15) is 0 Å². The molecular formula is C12H21N5. The summed E-state index contributed by atoms with van der Waals surface area (Å²) in [6.45, 7) is 5.45. The second-order valence-electron chi connectivity index (χ2n) is 4.56. The zero-order valence-corrected chi connectivity index (χ0v) is 10.6. The Kier molecular flexibility index (Phi) is 3.78. The monoisotopic (exact) mass is 235 g/mol. The van der Waals surface area contributed by atoms with Crippen molar-refractivity contribution in [1.29, 1.82) is 0 Å². The van der Waals surface area contributed by atoms with E-state index in [1.165, 1.54) is 19.3 Å². The van der Waals surface area contributed by atoms with Gasteiger partial charge in [-0.15, -0.1) is 0 Å². The number of hydrogen-bond acceptors (Lipinski definition) is 5. The van der Waals surface area contributed by atoms with Crippen molar-refractivity contribution in [3.63, 3.8) is 0 Å². The number of hydrogen-bond donors (Lipinski definition) is 2. The Balaban J connectivity index is 2.36. The molecule has 1 aromatic rings. The summed E-state index contributed by atoms with van der Waals surface area (Å²) in [5.74, 6) is 7.29. The van der Waals surface area contributed by atoms with Crippen LogP contribution in [0.15, 0.2) is 6.33 Å². The van der Waals surface area contributed by atoms with Gasteiger partial charge in [-0.3, -0.25) is 0 Å². The van der Waals surface area contributed by atoms with Gasteiger partial charge in [0.1, 0.15) is 18.0 Å². The number of nitrogens with one attached hydrogen (secondary N) is 1. The smallest absolute Gasteiger partial charge is 0.148 e. The Hall–Kier alpha value is -1.36. The SMILES string of the molecule is CCc1c(NN)ncnc1N1CCCCC1C.